The van der Waals surface area contributed by atoms with Gasteiger partial charge in [0.15, 0.2) is 5.84 Å². The summed E-state index contributed by atoms with van der Waals surface area (Å²) in [5, 5.41) is 18.3. The van der Waals surface area contributed by atoms with Gasteiger partial charge in [-0.15, -0.1) is 0 Å². The maximum absolute atomic E-state index is 8.31. The van der Waals surface area contributed by atoms with Crippen molar-refractivity contribution in [3.05, 3.63) is 18.5 Å². The molecule has 78 valence electrons. The van der Waals surface area contributed by atoms with E-state index in [-0.39, 0.29) is 11.9 Å². The van der Waals surface area contributed by atoms with Crippen molar-refractivity contribution < 1.29 is 5.21 Å². The molecule has 0 bridgehead atoms. The standard InChI is InChI=1S/C8H15N5O/c1-7(10-5-8(9)12-14)6-13-4-2-3-11-13/h2-4,7,10,14H,5-6H2,1H3,(H2,9,12). The predicted molar refractivity (Wildman–Crippen MR) is 53.1 cm³/mol. The summed E-state index contributed by atoms with van der Waals surface area (Å²) < 4.78 is 1.82. The first kappa shape index (κ1) is 10.5. The fourth-order valence-electron chi connectivity index (χ4n) is 1.07. The fourth-order valence-corrected chi connectivity index (χ4v) is 1.07. The molecular weight excluding hydrogens is 182 g/mol. The molecule has 6 heteroatoms. The van der Waals surface area contributed by atoms with Gasteiger partial charge in [-0.3, -0.25) is 4.68 Å². The summed E-state index contributed by atoms with van der Waals surface area (Å²) in [6, 6.07) is 2.09. The zero-order chi connectivity index (χ0) is 10.4. The van der Waals surface area contributed by atoms with Gasteiger partial charge in [-0.05, 0) is 13.0 Å². The van der Waals surface area contributed by atoms with E-state index in [0.29, 0.717) is 6.54 Å². The first-order valence-corrected chi connectivity index (χ1v) is 4.39. The van der Waals surface area contributed by atoms with Crippen LogP contribution in [0.4, 0.5) is 0 Å². The number of rotatable bonds is 5. The molecule has 0 aliphatic heterocycles. The van der Waals surface area contributed by atoms with Gasteiger partial charge in [-0.25, -0.2) is 0 Å². The molecule has 0 saturated carbocycles. The van der Waals surface area contributed by atoms with E-state index in [1.54, 1.807) is 6.20 Å². The zero-order valence-corrected chi connectivity index (χ0v) is 8.09. The van der Waals surface area contributed by atoms with Crippen LogP contribution in [0.15, 0.2) is 23.6 Å². The van der Waals surface area contributed by atoms with E-state index in [1.165, 1.54) is 0 Å². The van der Waals surface area contributed by atoms with Crippen molar-refractivity contribution in [3.8, 4) is 0 Å². The fraction of sp³-hybridized carbons (Fsp3) is 0.500. The topological polar surface area (TPSA) is 88.5 Å². The first-order valence-electron chi connectivity index (χ1n) is 4.39. The largest absolute Gasteiger partial charge is 0.409 e. The third kappa shape index (κ3) is 3.44. The van der Waals surface area contributed by atoms with Gasteiger partial charge in [-0.1, -0.05) is 5.16 Å². The number of oxime groups is 1. The van der Waals surface area contributed by atoms with Gasteiger partial charge in [0, 0.05) is 18.4 Å². The maximum atomic E-state index is 8.31. The summed E-state index contributed by atoms with van der Waals surface area (Å²) in [6.45, 7) is 3.14. The molecule has 0 fully saturated rings. The van der Waals surface area contributed by atoms with Crippen molar-refractivity contribution in [2.75, 3.05) is 6.54 Å². The minimum absolute atomic E-state index is 0.178. The van der Waals surface area contributed by atoms with Crippen molar-refractivity contribution >= 4 is 5.84 Å². The van der Waals surface area contributed by atoms with Gasteiger partial charge in [0.05, 0.1) is 13.1 Å². The maximum Gasteiger partial charge on any atom is 0.153 e. The van der Waals surface area contributed by atoms with Gasteiger partial charge in [0.1, 0.15) is 0 Å². The van der Waals surface area contributed by atoms with Gasteiger partial charge >= 0.3 is 0 Å². The lowest BCUT2D eigenvalue weighted by Gasteiger charge is -2.12. The number of nitrogens with two attached hydrogens (primary N) is 1. The van der Waals surface area contributed by atoms with E-state index >= 15 is 0 Å². The van der Waals surface area contributed by atoms with Crippen molar-refractivity contribution in [1.82, 2.24) is 15.1 Å². The zero-order valence-electron chi connectivity index (χ0n) is 8.09. The lowest BCUT2D eigenvalue weighted by molar-refractivity contribution is 0.316. The molecule has 1 unspecified atom stereocenters. The lowest BCUT2D eigenvalue weighted by atomic mass is 10.3. The van der Waals surface area contributed by atoms with E-state index in [4.69, 9.17) is 10.9 Å². The Bertz CT molecular complexity index is 282. The van der Waals surface area contributed by atoms with Crippen molar-refractivity contribution in [2.45, 2.75) is 19.5 Å². The monoisotopic (exact) mass is 197 g/mol. The van der Waals surface area contributed by atoms with Crippen LogP contribution in [0.25, 0.3) is 0 Å². The van der Waals surface area contributed by atoms with Crippen LogP contribution in [-0.2, 0) is 6.54 Å². The summed E-state index contributed by atoms with van der Waals surface area (Å²) in [6.07, 6.45) is 3.62. The Hall–Kier alpha value is -1.56. The molecule has 0 aliphatic rings. The summed E-state index contributed by atoms with van der Waals surface area (Å²) in [7, 11) is 0. The third-order valence-corrected chi connectivity index (χ3v) is 1.78. The Balaban J connectivity index is 2.26. The van der Waals surface area contributed by atoms with Crippen LogP contribution in [0.5, 0.6) is 0 Å². The van der Waals surface area contributed by atoms with Crippen LogP contribution >= 0.6 is 0 Å². The molecule has 0 radical (unpaired) electrons. The van der Waals surface area contributed by atoms with Gasteiger partial charge in [0.2, 0.25) is 0 Å². The minimum Gasteiger partial charge on any atom is -0.409 e. The van der Waals surface area contributed by atoms with Crippen LogP contribution in [0.2, 0.25) is 0 Å². The highest BCUT2D eigenvalue weighted by Gasteiger charge is 2.02. The van der Waals surface area contributed by atoms with Crippen LogP contribution < -0.4 is 11.1 Å². The van der Waals surface area contributed by atoms with E-state index in [2.05, 4.69) is 15.6 Å². The molecule has 6 nitrogen and oxygen atoms in total. The van der Waals surface area contributed by atoms with Gasteiger partial charge < -0.3 is 16.3 Å². The van der Waals surface area contributed by atoms with Crippen LogP contribution in [0.3, 0.4) is 0 Å². The number of amidine groups is 1. The van der Waals surface area contributed by atoms with E-state index < -0.39 is 0 Å². The number of nitrogens with one attached hydrogen (secondary N) is 1. The molecule has 1 aromatic rings. The molecule has 1 atom stereocenters. The highest BCUT2D eigenvalue weighted by molar-refractivity contribution is 5.81. The molecule has 0 aliphatic carbocycles. The number of hydrogen-bond acceptors (Lipinski definition) is 4. The normalized spacial score (nSPS) is 14.2. The van der Waals surface area contributed by atoms with Crippen molar-refractivity contribution in [1.29, 1.82) is 0 Å². The Morgan fingerprint density at radius 3 is 3.14 bits per heavy atom. The average molecular weight is 197 g/mol. The molecule has 0 spiro atoms. The highest BCUT2D eigenvalue weighted by atomic mass is 16.4. The summed E-state index contributed by atoms with van der Waals surface area (Å²) >= 11 is 0. The second-order valence-corrected chi connectivity index (χ2v) is 3.10. The molecule has 4 N–H and O–H groups in total. The SMILES string of the molecule is CC(Cn1cccn1)NCC(N)=NO. The van der Waals surface area contributed by atoms with Gasteiger partial charge in [0.25, 0.3) is 0 Å². The molecule has 0 saturated heterocycles. The lowest BCUT2D eigenvalue weighted by Crippen LogP contribution is -2.37. The Morgan fingerprint density at radius 2 is 2.57 bits per heavy atom. The average Bonchev–Trinajstić information content (AvgIpc) is 2.66. The van der Waals surface area contributed by atoms with Crippen LogP contribution in [0.1, 0.15) is 6.92 Å². The Kier molecular flexibility index (Phi) is 3.93. The molecule has 1 heterocycles. The smallest absolute Gasteiger partial charge is 0.153 e. The molecule has 0 aromatic carbocycles. The number of nitrogens with zero attached hydrogens (tertiary/aromatic N) is 3. The van der Waals surface area contributed by atoms with Crippen molar-refractivity contribution in [2.24, 2.45) is 10.9 Å². The minimum atomic E-state index is 0.178. The van der Waals surface area contributed by atoms with Crippen LogP contribution in [0, 0.1) is 0 Å². The second kappa shape index (κ2) is 5.23. The summed E-state index contributed by atoms with van der Waals surface area (Å²) in [5.41, 5.74) is 5.31. The Labute approximate surface area is 82.4 Å². The quantitative estimate of drug-likeness (QED) is 0.259. The Morgan fingerprint density at radius 1 is 1.79 bits per heavy atom. The predicted octanol–water partition coefficient (Wildman–Crippen LogP) is -0.392. The third-order valence-electron chi connectivity index (χ3n) is 1.78. The molecule has 14 heavy (non-hydrogen) atoms. The molecular formula is C8H15N5O. The molecule has 1 rings (SSSR count). The highest BCUT2D eigenvalue weighted by Crippen LogP contribution is 1.89. The van der Waals surface area contributed by atoms with Crippen molar-refractivity contribution in [3.63, 3.8) is 0 Å². The second-order valence-electron chi connectivity index (χ2n) is 3.10. The summed E-state index contributed by atoms with van der Waals surface area (Å²) in [4.78, 5) is 0. The van der Waals surface area contributed by atoms with Crippen LogP contribution in [-0.4, -0.2) is 33.4 Å². The van der Waals surface area contributed by atoms with E-state index in [9.17, 15) is 0 Å². The number of aromatic nitrogens is 2. The summed E-state index contributed by atoms with van der Waals surface area (Å²) in [5.74, 6) is 0.178. The molecule has 0 amide bonds. The van der Waals surface area contributed by atoms with E-state index in [1.807, 2.05) is 23.9 Å². The number of hydrogen-bond donors (Lipinski definition) is 3. The first-order chi connectivity index (χ1) is 6.72. The van der Waals surface area contributed by atoms with Gasteiger partial charge in [-0.2, -0.15) is 5.10 Å². The molecule has 1 aromatic heterocycles. The van der Waals surface area contributed by atoms with E-state index in [0.717, 1.165) is 6.54 Å².